The molecular formula is C23H33ClN5O9PS. The average Bonchev–Trinajstić information content (AvgIpc) is 3.29. The first-order valence-electron chi connectivity index (χ1n) is 13.1. The van der Waals surface area contributed by atoms with Gasteiger partial charge in [0.15, 0.2) is 28.7 Å². The highest BCUT2D eigenvalue weighted by Crippen LogP contribution is 2.67. The van der Waals surface area contributed by atoms with Crippen molar-refractivity contribution in [3.8, 4) is 0 Å². The van der Waals surface area contributed by atoms with E-state index in [2.05, 4.69) is 34.1 Å². The van der Waals surface area contributed by atoms with Crippen LogP contribution in [0.2, 0.25) is 5.28 Å². The summed E-state index contributed by atoms with van der Waals surface area (Å²) in [7, 11) is -9.55. The SMILES string of the molecule is C[C@]12CC3CC(Nc4nc(Cl)nc5c4ncn5C4OC(COP(=O)(O)CS(=O)(=O)O)C(O)C4O)(C1)C[C@@](C)(C3)C2. The molecule has 7 unspecified atom stereocenters. The number of imidazole rings is 1. The molecule has 2 aromatic rings. The molecule has 4 saturated carbocycles. The van der Waals surface area contributed by atoms with E-state index in [1.807, 2.05) is 0 Å². The first-order valence-corrected chi connectivity index (χ1v) is 16.8. The normalized spacial score (nSPS) is 40.5. The summed E-state index contributed by atoms with van der Waals surface area (Å²) < 4.78 is 54.6. The van der Waals surface area contributed by atoms with Crippen molar-refractivity contribution in [2.24, 2.45) is 16.7 Å². The highest BCUT2D eigenvalue weighted by atomic mass is 35.5. The van der Waals surface area contributed by atoms with E-state index in [0.29, 0.717) is 17.3 Å². The lowest BCUT2D eigenvalue weighted by atomic mass is 9.43. The first kappa shape index (κ1) is 28.7. The lowest BCUT2D eigenvalue weighted by molar-refractivity contribution is -0.0973. The Labute approximate surface area is 235 Å². The molecule has 14 nitrogen and oxygen atoms in total. The third-order valence-electron chi connectivity index (χ3n) is 8.78. The number of hydrogen-bond acceptors (Lipinski definition) is 11. The van der Waals surface area contributed by atoms with E-state index in [1.165, 1.54) is 30.2 Å². The lowest BCUT2D eigenvalue weighted by Gasteiger charge is -2.65. The number of halogens is 1. The van der Waals surface area contributed by atoms with Crippen molar-refractivity contribution in [3.05, 3.63) is 11.6 Å². The Morgan fingerprint density at radius 1 is 1.18 bits per heavy atom. The van der Waals surface area contributed by atoms with E-state index in [4.69, 9.17) is 25.4 Å². The number of nitrogens with zero attached hydrogens (tertiary/aromatic N) is 4. The summed E-state index contributed by atoms with van der Waals surface area (Å²) in [6, 6.07) is 0. The lowest BCUT2D eigenvalue weighted by Crippen LogP contribution is -2.61. The minimum atomic E-state index is -4.79. The van der Waals surface area contributed by atoms with Crippen molar-refractivity contribution >= 4 is 46.3 Å². The van der Waals surface area contributed by atoms with Gasteiger partial charge in [-0.2, -0.15) is 18.4 Å². The summed E-state index contributed by atoms with van der Waals surface area (Å²) in [6.45, 7) is 4.01. The van der Waals surface area contributed by atoms with E-state index in [0.717, 1.165) is 19.3 Å². The van der Waals surface area contributed by atoms with E-state index in [9.17, 15) is 28.1 Å². The molecular weight excluding hydrogens is 589 g/mol. The number of aliphatic hydroxyl groups is 2. The van der Waals surface area contributed by atoms with Crippen LogP contribution < -0.4 is 5.32 Å². The molecule has 1 saturated heterocycles. The zero-order valence-corrected chi connectivity index (χ0v) is 24.4. The van der Waals surface area contributed by atoms with Crippen LogP contribution >= 0.6 is 19.2 Å². The maximum absolute atomic E-state index is 12.0. The highest BCUT2D eigenvalue weighted by Gasteiger charge is 2.60. The summed E-state index contributed by atoms with van der Waals surface area (Å²) >= 11 is 6.34. The Balaban J connectivity index is 1.25. The van der Waals surface area contributed by atoms with Gasteiger partial charge in [-0.3, -0.25) is 13.7 Å². The Morgan fingerprint density at radius 3 is 2.48 bits per heavy atom. The van der Waals surface area contributed by atoms with Gasteiger partial charge in [0.1, 0.15) is 18.3 Å². The minimum absolute atomic E-state index is 0.0433. The predicted molar refractivity (Wildman–Crippen MR) is 142 cm³/mol. The highest BCUT2D eigenvalue weighted by molar-refractivity contribution is 7.92. The molecule has 4 bridgehead atoms. The number of nitrogens with one attached hydrogen (secondary N) is 1. The average molecular weight is 622 g/mol. The summed E-state index contributed by atoms with van der Waals surface area (Å²) in [6.07, 6.45) is 2.51. The minimum Gasteiger partial charge on any atom is -0.387 e. The number of aliphatic hydroxyl groups excluding tert-OH is 2. The zero-order valence-electron chi connectivity index (χ0n) is 22.0. The largest absolute Gasteiger partial charge is 0.387 e. The van der Waals surface area contributed by atoms with Crippen molar-refractivity contribution in [2.75, 3.05) is 17.4 Å². The molecule has 40 heavy (non-hydrogen) atoms. The maximum Gasteiger partial charge on any atom is 0.345 e. The van der Waals surface area contributed by atoms with Crippen LogP contribution in [0.3, 0.4) is 0 Å². The van der Waals surface area contributed by atoms with Gasteiger partial charge in [-0.1, -0.05) is 13.8 Å². The molecule has 4 aliphatic carbocycles. The quantitative estimate of drug-likeness (QED) is 0.163. The van der Waals surface area contributed by atoms with Gasteiger partial charge in [0.05, 0.1) is 12.9 Å². The number of hydrogen-bond donors (Lipinski definition) is 5. The van der Waals surface area contributed by atoms with E-state index >= 15 is 0 Å². The van der Waals surface area contributed by atoms with Gasteiger partial charge in [0.2, 0.25) is 5.28 Å². The molecule has 17 heteroatoms. The van der Waals surface area contributed by atoms with Gasteiger partial charge >= 0.3 is 7.60 Å². The second kappa shape index (κ2) is 9.29. The number of rotatable bonds is 8. The van der Waals surface area contributed by atoms with E-state index < -0.39 is 54.4 Å². The van der Waals surface area contributed by atoms with Gasteiger partial charge in [-0.15, -0.1) is 0 Å². The molecule has 9 atom stereocenters. The van der Waals surface area contributed by atoms with Crippen molar-refractivity contribution in [1.82, 2.24) is 19.5 Å². The van der Waals surface area contributed by atoms with Gasteiger partial charge in [0.25, 0.3) is 10.1 Å². The monoisotopic (exact) mass is 621 g/mol. The molecule has 2 aromatic heterocycles. The molecule has 5 fully saturated rings. The molecule has 5 aliphatic rings. The van der Waals surface area contributed by atoms with Crippen LogP contribution in [0.25, 0.3) is 11.2 Å². The maximum atomic E-state index is 12.0. The number of aromatic nitrogens is 4. The fraction of sp³-hybridized carbons (Fsp3) is 0.783. The predicted octanol–water partition coefficient (Wildman–Crippen LogP) is 2.31. The van der Waals surface area contributed by atoms with E-state index in [-0.39, 0.29) is 27.3 Å². The zero-order chi connectivity index (χ0) is 28.9. The molecule has 0 spiro atoms. The standard InChI is InChI=1S/C23H33ClN5O9PS/c1-21-3-12-4-22(2,7-21)9-23(5-12,8-21)28-17-14-18(27-20(24)26-17)29(10-25-14)19-16(31)15(30)13(38-19)6-37-39(32,33)11-40(34,35)36/h10,12-13,15-16,19,30-31H,3-9,11H2,1-2H3,(H,32,33)(H,26,27,28)(H,34,35,36)/t12?,13?,15?,16?,19?,21-,22+,23?. The van der Waals surface area contributed by atoms with Gasteiger partial charge in [-0.05, 0) is 66.9 Å². The van der Waals surface area contributed by atoms with E-state index in [1.54, 1.807) is 0 Å². The summed E-state index contributed by atoms with van der Waals surface area (Å²) in [4.78, 5) is 23.0. The molecule has 0 radical (unpaired) electrons. The van der Waals surface area contributed by atoms with Crippen LogP contribution in [-0.2, 0) is 23.9 Å². The van der Waals surface area contributed by atoms with Crippen molar-refractivity contribution in [2.45, 2.75) is 82.5 Å². The first-order chi connectivity index (χ1) is 18.5. The summed E-state index contributed by atoms with van der Waals surface area (Å²) in [5, 5.41) is 24.9. The molecule has 7 rings (SSSR count). The van der Waals surface area contributed by atoms with Crippen molar-refractivity contribution in [1.29, 1.82) is 0 Å². The van der Waals surface area contributed by atoms with Crippen LogP contribution in [0.1, 0.15) is 58.6 Å². The topological polar surface area (TPSA) is 206 Å². The van der Waals surface area contributed by atoms with Crippen LogP contribution in [0.15, 0.2) is 6.33 Å². The van der Waals surface area contributed by atoms with Crippen LogP contribution in [0.5, 0.6) is 0 Å². The Bertz CT molecular complexity index is 1490. The number of ether oxygens (including phenoxy) is 1. The molecule has 3 heterocycles. The summed E-state index contributed by atoms with van der Waals surface area (Å²) in [5.74, 6) is 1.11. The third kappa shape index (κ3) is 5.29. The Hall–Kier alpha value is -1.42. The van der Waals surface area contributed by atoms with Gasteiger partial charge < -0.3 is 29.7 Å². The van der Waals surface area contributed by atoms with Crippen LogP contribution in [0, 0.1) is 16.7 Å². The van der Waals surface area contributed by atoms with Crippen molar-refractivity contribution < 1.29 is 41.9 Å². The van der Waals surface area contributed by atoms with Crippen molar-refractivity contribution in [3.63, 3.8) is 0 Å². The van der Waals surface area contributed by atoms with Crippen LogP contribution in [0.4, 0.5) is 5.82 Å². The smallest absolute Gasteiger partial charge is 0.345 e. The molecule has 1 aliphatic heterocycles. The van der Waals surface area contributed by atoms with Gasteiger partial charge in [-0.25, -0.2) is 4.98 Å². The molecule has 0 amide bonds. The fourth-order valence-corrected chi connectivity index (χ4v) is 11.0. The summed E-state index contributed by atoms with van der Waals surface area (Å²) in [5.41, 5.74) is -0.501. The molecule has 5 N–H and O–H groups in total. The fourth-order valence-electron chi connectivity index (χ4n) is 8.53. The van der Waals surface area contributed by atoms with Crippen LogP contribution in [-0.4, -0.2) is 83.5 Å². The Morgan fingerprint density at radius 2 is 1.85 bits per heavy atom. The van der Waals surface area contributed by atoms with Gasteiger partial charge in [0, 0.05) is 5.54 Å². The second-order valence-corrected chi connectivity index (χ2v) is 17.0. The second-order valence-electron chi connectivity index (χ2n) is 12.9. The Kier molecular flexibility index (Phi) is 6.66. The number of anilines is 1. The third-order valence-corrected chi connectivity index (χ3v) is 12.1. The molecule has 222 valence electrons. The molecule has 0 aromatic carbocycles. The number of fused-ring (bicyclic) bond motifs is 1.